The van der Waals surface area contributed by atoms with Gasteiger partial charge in [0.2, 0.25) is 0 Å². The monoisotopic (exact) mass is 271 g/mol. The summed E-state index contributed by atoms with van der Waals surface area (Å²) in [6.07, 6.45) is 6.33. The second kappa shape index (κ2) is 8.54. The van der Waals surface area contributed by atoms with E-state index in [1.165, 1.54) is 32.1 Å². The molecule has 0 aromatic heterocycles. The molecular weight excluding hydrogens is 242 g/mol. The second-order valence-corrected chi connectivity index (χ2v) is 6.31. The molecule has 1 aliphatic carbocycles. The predicted octanol–water partition coefficient (Wildman–Crippen LogP) is 2.41. The first-order valence-corrected chi connectivity index (χ1v) is 7.62. The average molecular weight is 271 g/mol. The zero-order valence-electron chi connectivity index (χ0n) is 12.3. The van der Waals surface area contributed by atoms with E-state index >= 15 is 0 Å². The molecule has 0 spiro atoms. The third-order valence-corrected chi connectivity index (χ3v) is 3.97. The molecule has 0 saturated heterocycles. The third kappa shape index (κ3) is 6.92. The van der Waals surface area contributed by atoms with Crippen molar-refractivity contribution in [1.82, 2.24) is 5.32 Å². The Morgan fingerprint density at radius 3 is 2.42 bits per heavy atom. The van der Waals surface area contributed by atoms with Crippen LogP contribution in [-0.4, -0.2) is 34.9 Å². The lowest BCUT2D eigenvalue weighted by atomic mass is 9.88. The van der Waals surface area contributed by atoms with Gasteiger partial charge >= 0.3 is 5.97 Å². The fraction of sp³-hybridized carbons (Fsp3) is 0.933. The van der Waals surface area contributed by atoms with Gasteiger partial charge in [-0.3, -0.25) is 4.79 Å². The van der Waals surface area contributed by atoms with Gasteiger partial charge in [0.25, 0.3) is 0 Å². The number of aliphatic hydroxyl groups is 1. The minimum absolute atomic E-state index is 0.0990. The summed E-state index contributed by atoms with van der Waals surface area (Å²) in [5.41, 5.74) is 0. The first kappa shape index (κ1) is 16.4. The zero-order chi connectivity index (χ0) is 14.3. The van der Waals surface area contributed by atoms with Gasteiger partial charge < -0.3 is 15.5 Å². The molecule has 1 rings (SSSR count). The van der Waals surface area contributed by atoms with Crippen molar-refractivity contribution in [2.75, 3.05) is 6.54 Å². The number of carboxylic acid groups (broad SMARTS) is 1. The summed E-state index contributed by atoms with van der Waals surface area (Å²) in [7, 11) is 0. The molecule has 0 aromatic rings. The van der Waals surface area contributed by atoms with Crippen LogP contribution in [-0.2, 0) is 4.79 Å². The molecule has 19 heavy (non-hydrogen) atoms. The minimum Gasteiger partial charge on any atom is -0.481 e. The predicted molar refractivity (Wildman–Crippen MR) is 76.1 cm³/mol. The van der Waals surface area contributed by atoms with Gasteiger partial charge in [-0.25, -0.2) is 0 Å². The number of carbonyl (C=O) groups is 1. The van der Waals surface area contributed by atoms with E-state index in [9.17, 15) is 9.90 Å². The number of nitrogens with one attached hydrogen (secondary N) is 1. The van der Waals surface area contributed by atoms with Gasteiger partial charge in [0.15, 0.2) is 0 Å². The average Bonchev–Trinajstić information content (AvgIpc) is 2.34. The highest BCUT2D eigenvalue weighted by Crippen LogP contribution is 2.23. The van der Waals surface area contributed by atoms with Crippen LogP contribution in [0.4, 0.5) is 0 Å². The summed E-state index contributed by atoms with van der Waals surface area (Å²) in [5, 5.41) is 22.2. The molecule has 0 radical (unpaired) electrons. The maximum absolute atomic E-state index is 10.7. The lowest BCUT2D eigenvalue weighted by Crippen LogP contribution is -2.44. The van der Waals surface area contributed by atoms with Crippen LogP contribution in [0, 0.1) is 11.8 Å². The molecule has 0 amide bonds. The number of hydrogen-bond acceptors (Lipinski definition) is 3. The Bertz CT molecular complexity index is 262. The maximum Gasteiger partial charge on any atom is 0.306 e. The van der Waals surface area contributed by atoms with Gasteiger partial charge in [0.1, 0.15) is 0 Å². The summed E-state index contributed by atoms with van der Waals surface area (Å²) in [4.78, 5) is 10.7. The van der Waals surface area contributed by atoms with E-state index in [2.05, 4.69) is 19.2 Å². The summed E-state index contributed by atoms with van der Waals surface area (Å²) >= 11 is 0. The molecule has 0 heterocycles. The highest BCUT2D eigenvalue weighted by molar-refractivity contribution is 5.67. The lowest BCUT2D eigenvalue weighted by Gasteiger charge is -2.29. The van der Waals surface area contributed by atoms with E-state index in [0.717, 1.165) is 13.0 Å². The first-order chi connectivity index (χ1) is 8.99. The van der Waals surface area contributed by atoms with Crippen molar-refractivity contribution in [3.8, 4) is 0 Å². The molecule has 2 atom stereocenters. The lowest BCUT2D eigenvalue weighted by molar-refractivity contribution is -0.139. The highest BCUT2D eigenvalue weighted by atomic mass is 16.4. The molecule has 112 valence electrons. The second-order valence-electron chi connectivity index (χ2n) is 6.31. The van der Waals surface area contributed by atoms with Crippen LogP contribution in [0.2, 0.25) is 0 Å². The smallest absolute Gasteiger partial charge is 0.306 e. The highest BCUT2D eigenvalue weighted by Gasteiger charge is 2.24. The van der Waals surface area contributed by atoms with Crippen molar-refractivity contribution in [3.63, 3.8) is 0 Å². The molecule has 4 nitrogen and oxygen atoms in total. The van der Waals surface area contributed by atoms with Gasteiger partial charge in [0.05, 0.1) is 12.5 Å². The van der Waals surface area contributed by atoms with E-state index in [-0.39, 0.29) is 12.5 Å². The van der Waals surface area contributed by atoms with Gasteiger partial charge in [-0.15, -0.1) is 0 Å². The minimum atomic E-state index is -0.930. The number of hydrogen-bond donors (Lipinski definition) is 3. The Morgan fingerprint density at radius 2 is 1.89 bits per heavy atom. The Hall–Kier alpha value is -0.610. The summed E-state index contributed by atoms with van der Waals surface area (Å²) in [5.74, 6) is 0.216. The van der Waals surface area contributed by atoms with Crippen LogP contribution < -0.4 is 5.32 Å². The molecule has 3 N–H and O–H groups in total. The third-order valence-electron chi connectivity index (χ3n) is 3.97. The van der Waals surface area contributed by atoms with Crippen molar-refractivity contribution in [3.05, 3.63) is 0 Å². The number of aliphatic hydroxyl groups excluding tert-OH is 1. The Balaban J connectivity index is 2.41. The van der Waals surface area contributed by atoms with Crippen LogP contribution in [0.3, 0.4) is 0 Å². The number of carboxylic acids is 1. The summed E-state index contributed by atoms with van der Waals surface area (Å²) in [6, 6.07) is -0.0990. The Morgan fingerprint density at radius 1 is 1.26 bits per heavy atom. The first-order valence-electron chi connectivity index (χ1n) is 7.62. The van der Waals surface area contributed by atoms with E-state index in [1.807, 2.05) is 0 Å². The van der Waals surface area contributed by atoms with Gasteiger partial charge in [0, 0.05) is 6.04 Å². The van der Waals surface area contributed by atoms with Crippen molar-refractivity contribution in [1.29, 1.82) is 0 Å². The number of aliphatic carboxylic acids is 1. The fourth-order valence-corrected chi connectivity index (χ4v) is 2.91. The molecule has 4 heteroatoms. The largest absolute Gasteiger partial charge is 0.481 e. The van der Waals surface area contributed by atoms with Crippen LogP contribution in [0.5, 0.6) is 0 Å². The van der Waals surface area contributed by atoms with Gasteiger partial charge in [-0.1, -0.05) is 33.1 Å². The van der Waals surface area contributed by atoms with Crippen LogP contribution in [0.1, 0.15) is 58.8 Å². The number of rotatable bonds is 8. The van der Waals surface area contributed by atoms with Crippen molar-refractivity contribution >= 4 is 5.97 Å². The molecule has 0 aliphatic heterocycles. The molecular formula is C15H29NO3. The van der Waals surface area contributed by atoms with E-state index in [4.69, 9.17) is 5.11 Å². The summed E-state index contributed by atoms with van der Waals surface area (Å²) < 4.78 is 0. The van der Waals surface area contributed by atoms with Gasteiger partial charge in [-0.05, 0) is 37.6 Å². The fourth-order valence-electron chi connectivity index (χ4n) is 2.91. The molecule has 1 fully saturated rings. The van der Waals surface area contributed by atoms with Crippen molar-refractivity contribution in [2.45, 2.75) is 70.9 Å². The SMILES string of the molecule is CC(C)C[C@H](NCC1CCCCC1)[C@@H](O)CC(=O)O. The molecule has 0 aromatic carbocycles. The Kier molecular flexibility index (Phi) is 7.39. The van der Waals surface area contributed by atoms with Crippen LogP contribution in [0.15, 0.2) is 0 Å². The molecule has 0 bridgehead atoms. The van der Waals surface area contributed by atoms with E-state index in [1.54, 1.807) is 0 Å². The quantitative estimate of drug-likeness (QED) is 0.634. The molecule has 0 unspecified atom stereocenters. The van der Waals surface area contributed by atoms with Gasteiger partial charge in [-0.2, -0.15) is 0 Å². The molecule has 1 saturated carbocycles. The standard InChI is InChI=1S/C15H29NO3/c1-11(2)8-13(14(17)9-15(18)19)16-10-12-6-4-3-5-7-12/h11-14,16-17H,3-10H2,1-2H3,(H,18,19)/t13-,14-/m0/s1. The van der Waals surface area contributed by atoms with Crippen LogP contribution >= 0.6 is 0 Å². The van der Waals surface area contributed by atoms with Crippen molar-refractivity contribution < 1.29 is 15.0 Å². The van der Waals surface area contributed by atoms with Crippen molar-refractivity contribution in [2.24, 2.45) is 11.8 Å². The zero-order valence-corrected chi connectivity index (χ0v) is 12.3. The Labute approximate surface area is 116 Å². The summed E-state index contributed by atoms with van der Waals surface area (Å²) in [6.45, 7) is 5.11. The van der Waals surface area contributed by atoms with E-state index in [0.29, 0.717) is 11.8 Å². The normalized spacial score (nSPS) is 20.4. The van der Waals surface area contributed by atoms with E-state index < -0.39 is 12.1 Å². The molecule has 1 aliphatic rings. The maximum atomic E-state index is 10.7. The topological polar surface area (TPSA) is 69.6 Å². The van der Waals surface area contributed by atoms with Crippen LogP contribution in [0.25, 0.3) is 0 Å².